The fourth-order valence-electron chi connectivity index (χ4n) is 7.80. The maximum absolute atomic E-state index is 15.2. The third-order valence-electron chi connectivity index (χ3n) is 10.9. The summed E-state index contributed by atoms with van der Waals surface area (Å²) in [7, 11) is 0. The lowest BCUT2D eigenvalue weighted by Gasteiger charge is -2.38. The van der Waals surface area contributed by atoms with Gasteiger partial charge in [-0.15, -0.1) is 0 Å². The van der Waals surface area contributed by atoms with Crippen LogP contribution in [0.5, 0.6) is 0 Å². The summed E-state index contributed by atoms with van der Waals surface area (Å²) in [4.78, 5) is 51.2. The van der Waals surface area contributed by atoms with E-state index in [1.54, 1.807) is 18.2 Å². The summed E-state index contributed by atoms with van der Waals surface area (Å²) in [5, 5.41) is 24.5. The molecule has 0 spiro atoms. The number of ether oxygens (including phenoxy) is 1. The molecular formula is C43H50FN9O5. The van der Waals surface area contributed by atoms with Crippen molar-refractivity contribution in [2.24, 2.45) is 0 Å². The quantitative estimate of drug-likeness (QED) is 0.114. The fourth-order valence-corrected chi connectivity index (χ4v) is 7.80. The lowest BCUT2D eigenvalue weighted by Crippen LogP contribution is -2.53. The summed E-state index contributed by atoms with van der Waals surface area (Å²) in [5.41, 5.74) is 6.63. The minimum absolute atomic E-state index is 0.0763. The van der Waals surface area contributed by atoms with E-state index in [-0.39, 0.29) is 48.2 Å². The van der Waals surface area contributed by atoms with Gasteiger partial charge in [-0.05, 0) is 80.1 Å². The SMILES string of the molecule is CCc1nc2c(cnn2CC)c(NC2CCOCC2)c1CNC(=O)c1ccnc(C(=O)NCc2ccc(F)c(-c3cccc(CN4CCN(C(=O)O)[C@@H](C)C4)c3)c2)c1. The Labute approximate surface area is 336 Å². The number of amides is 3. The molecule has 7 rings (SSSR count). The number of hydrogen-bond donors (Lipinski definition) is 4. The maximum atomic E-state index is 15.2. The molecule has 5 heterocycles. The van der Waals surface area contributed by atoms with Crippen molar-refractivity contribution in [3.8, 4) is 11.1 Å². The normalized spacial score (nSPS) is 16.3. The molecule has 58 heavy (non-hydrogen) atoms. The molecule has 3 amide bonds. The van der Waals surface area contributed by atoms with E-state index in [1.807, 2.05) is 55.9 Å². The van der Waals surface area contributed by atoms with Crippen LogP contribution in [-0.4, -0.2) is 97.5 Å². The Kier molecular flexibility index (Phi) is 12.6. The van der Waals surface area contributed by atoms with Crippen molar-refractivity contribution in [2.75, 3.05) is 38.2 Å². The van der Waals surface area contributed by atoms with Gasteiger partial charge < -0.3 is 30.7 Å². The summed E-state index contributed by atoms with van der Waals surface area (Å²) in [6, 6.07) is 15.5. The molecule has 0 bridgehead atoms. The number of halogens is 1. The second-order valence-electron chi connectivity index (χ2n) is 14.9. The van der Waals surface area contributed by atoms with Crippen LogP contribution in [0.3, 0.4) is 0 Å². The first kappa shape index (κ1) is 40.3. The number of benzene rings is 2. The smallest absolute Gasteiger partial charge is 0.407 e. The molecule has 1 atom stereocenters. The largest absolute Gasteiger partial charge is 0.465 e. The number of piperazine rings is 1. The third-order valence-corrected chi connectivity index (χ3v) is 10.9. The van der Waals surface area contributed by atoms with E-state index in [2.05, 4.69) is 30.9 Å². The molecule has 15 heteroatoms. The zero-order chi connectivity index (χ0) is 40.8. The van der Waals surface area contributed by atoms with E-state index in [9.17, 15) is 19.5 Å². The standard InChI is InChI=1S/C43H50FN9O5/c1-4-37-34(39(49-32-12-17-58-18-13-32)35-24-48-53(5-2)40(35)50-37)23-47-41(54)31-11-14-45-38(21-31)42(55)46-22-28-9-10-36(44)33(20-28)30-8-6-7-29(19-30)26-51-15-16-52(43(56)57)27(3)25-51/h6-11,14,19-21,24,27,32H,4-5,12-13,15-18,22-23,25-26H2,1-3H3,(H,46,55)(H,47,54)(H,49,50)(H,56,57)/t27-/m0/s1. The summed E-state index contributed by atoms with van der Waals surface area (Å²) < 4.78 is 22.7. The number of rotatable bonds is 13. The van der Waals surface area contributed by atoms with Gasteiger partial charge in [0.05, 0.1) is 17.3 Å². The van der Waals surface area contributed by atoms with Crippen LogP contribution in [0, 0.1) is 5.82 Å². The van der Waals surface area contributed by atoms with Crippen LogP contribution in [0.4, 0.5) is 14.9 Å². The average Bonchev–Trinajstić information content (AvgIpc) is 3.66. The molecule has 3 aromatic heterocycles. The van der Waals surface area contributed by atoms with E-state index >= 15 is 4.39 Å². The van der Waals surface area contributed by atoms with Gasteiger partial charge in [0.15, 0.2) is 5.65 Å². The van der Waals surface area contributed by atoms with Gasteiger partial charge in [-0.2, -0.15) is 5.10 Å². The zero-order valence-corrected chi connectivity index (χ0v) is 33.1. The Bertz CT molecular complexity index is 2290. The van der Waals surface area contributed by atoms with E-state index < -0.39 is 12.0 Å². The van der Waals surface area contributed by atoms with Crippen LogP contribution in [0.1, 0.15) is 76.8 Å². The molecule has 14 nitrogen and oxygen atoms in total. The number of anilines is 1. The first-order valence-electron chi connectivity index (χ1n) is 19.9. The molecule has 0 unspecified atom stereocenters. The van der Waals surface area contributed by atoms with E-state index in [0.29, 0.717) is 69.0 Å². The van der Waals surface area contributed by atoms with Gasteiger partial charge in [0, 0.05) is 99.7 Å². The molecule has 2 aliphatic heterocycles. The molecule has 2 saturated heterocycles. The minimum Gasteiger partial charge on any atom is -0.465 e. The third kappa shape index (κ3) is 9.11. The predicted molar refractivity (Wildman–Crippen MR) is 218 cm³/mol. The number of carboxylic acid groups (broad SMARTS) is 1. The molecule has 2 aliphatic rings. The second kappa shape index (κ2) is 18.1. The Morgan fingerprint density at radius 2 is 1.78 bits per heavy atom. The minimum atomic E-state index is -0.910. The van der Waals surface area contributed by atoms with Gasteiger partial charge in [-0.3, -0.25) is 19.5 Å². The maximum Gasteiger partial charge on any atom is 0.407 e. The Morgan fingerprint density at radius 1 is 0.966 bits per heavy atom. The number of carbonyl (C=O) groups excluding carboxylic acids is 2. The van der Waals surface area contributed by atoms with Crippen LogP contribution in [-0.2, 0) is 37.3 Å². The van der Waals surface area contributed by atoms with Crippen molar-refractivity contribution in [1.29, 1.82) is 0 Å². The molecule has 2 aromatic carbocycles. The number of nitrogens with one attached hydrogen (secondary N) is 3. The molecule has 4 N–H and O–H groups in total. The average molecular weight is 792 g/mol. The highest BCUT2D eigenvalue weighted by Gasteiger charge is 2.27. The lowest BCUT2D eigenvalue weighted by atomic mass is 10.00. The monoisotopic (exact) mass is 791 g/mol. The van der Waals surface area contributed by atoms with Crippen LogP contribution < -0.4 is 16.0 Å². The zero-order valence-electron chi connectivity index (χ0n) is 33.1. The van der Waals surface area contributed by atoms with Crippen molar-refractivity contribution in [3.05, 3.63) is 106 Å². The molecule has 0 aliphatic carbocycles. The van der Waals surface area contributed by atoms with E-state index in [4.69, 9.17) is 9.72 Å². The molecule has 304 valence electrons. The predicted octanol–water partition coefficient (Wildman–Crippen LogP) is 5.85. The summed E-state index contributed by atoms with van der Waals surface area (Å²) in [6.07, 6.45) is 4.75. The highest BCUT2D eigenvalue weighted by Crippen LogP contribution is 2.32. The van der Waals surface area contributed by atoms with Gasteiger partial charge in [-0.25, -0.2) is 18.9 Å². The van der Waals surface area contributed by atoms with Gasteiger partial charge >= 0.3 is 6.09 Å². The highest BCUT2D eigenvalue weighted by molar-refractivity contribution is 5.99. The van der Waals surface area contributed by atoms with Crippen LogP contribution in [0.25, 0.3) is 22.2 Å². The van der Waals surface area contributed by atoms with E-state index in [1.165, 1.54) is 23.2 Å². The van der Waals surface area contributed by atoms with Gasteiger partial charge in [0.25, 0.3) is 11.8 Å². The molecular weight excluding hydrogens is 742 g/mol. The summed E-state index contributed by atoms with van der Waals surface area (Å²) >= 11 is 0. The molecule has 0 saturated carbocycles. The van der Waals surface area contributed by atoms with Crippen molar-refractivity contribution in [3.63, 3.8) is 0 Å². The Balaban J connectivity index is 1.00. The second-order valence-corrected chi connectivity index (χ2v) is 14.9. The van der Waals surface area contributed by atoms with Gasteiger partial charge in [-0.1, -0.05) is 31.2 Å². The fraction of sp³-hybridized carbons (Fsp3) is 0.395. The lowest BCUT2D eigenvalue weighted by molar-refractivity contribution is 0.0711. The topological polar surface area (TPSA) is 167 Å². The number of hydrogen-bond acceptors (Lipinski definition) is 9. The van der Waals surface area contributed by atoms with Crippen molar-refractivity contribution in [1.82, 2.24) is 40.2 Å². The highest BCUT2D eigenvalue weighted by atomic mass is 19.1. The number of aromatic nitrogens is 4. The first-order chi connectivity index (χ1) is 28.1. The number of aryl methyl sites for hydroxylation is 2. The summed E-state index contributed by atoms with van der Waals surface area (Å²) in [6.45, 7) is 10.6. The van der Waals surface area contributed by atoms with Crippen LogP contribution in [0.15, 0.2) is 67.0 Å². The van der Waals surface area contributed by atoms with Crippen LogP contribution in [0.2, 0.25) is 0 Å². The van der Waals surface area contributed by atoms with E-state index in [0.717, 1.165) is 46.4 Å². The Hall–Kier alpha value is -5.93. The number of carbonyl (C=O) groups is 3. The number of fused-ring (bicyclic) bond motifs is 1. The van der Waals surface area contributed by atoms with Gasteiger partial charge in [0.2, 0.25) is 0 Å². The van der Waals surface area contributed by atoms with Gasteiger partial charge in [0.1, 0.15) is 11.5 Å². The van der Waals surface area contributed by atoms with Crippen LogP contribution >= 0.6 is 0 Å². The molecule has 5 aromatic rings. The first-order valence-corrected chi connectivity index (χ1v) is 19.9. The van der Waals surface area contributed by atoms with Crippen molar-refractivity contribution < 1.29 is 28.6 Å². The Morgan fingerprint density at radius 3 is 2.53 bits per heavy atom. The molecule has 2 fully saturated rings. The van der Waals surface area contributed by atoms with Crippen molar-refractivity contribution in [2.45, 2.75) is 78.3 Å². The number of nitrogens with zero attached hydrogens (tertiary/aromatic N) is 6. The number of pyridine rings is 2. The van der Waals surface area contributed by atoms with Crippen molar-refractivity contribution >= 4 is 34.6 Å². The summed E-state index contributed by atoms with van der Waals surface area (Å²) in [5.74, 6) is -1.22. The molecule has 0 radical (unpaired) electrons.